The summed E-state index contributed by atoms with van der Waals surface area (Å²) in [5.74, 6) is -1.09. The fourth-order valence-electron chi connectivity index (χ4n) is 3.40. The molecule has 9 heteroatoms. The maximum absolute atomic E-state index is 13.1. The Morgan fingerprint density at radius 3 is 2.66 bits per heavy atom. The summed E-state index contributed by atoms with van der Waals surface area (Å²) >= 11 is 1.00. The fourth-order valence-corrected chi connectivity index (χ4v) is 4.19. The van der Waals surface area contributed by atoms with Crippen molar-refractivity contribution in [3.05, 3.63) is 65.4 Å². The number of anilines is 1. The number of aromatic nitrogens is 1. The number of carbonyl (C=O) groups excluding carboxylic acids is 2. The highest BCUT2D eigenvalue weighted by Crippen LogP contribution is 2.34. The lowest BCUT2D eigenvalue weighted by Crippen LogP contribution is -2.26. The maximum atomic E-state index is 13.1. The van der Waals surface area contributed by atoms with E-state index in [1.807, 2.05) is 0 Å². The SMILES string of the molecule is O=C(CSc1ncccc1C(=O)NCCC1=CCCCC1)Nc1ccccc1C(F)(F)F. The molecule has 0 saturated carbocycles. The third kappa shape index (κ3) is 6.85. The number of benzene rings is 1. The van der Waals surface area contributed by atoms with Crippen LogP contribution >= 0.6 is 11.8 Å². The first-order chi connectivity index (χ1) is 15.3. The van der Waals surface area contributed by atoms with Crippen LogP contribution in [0.1, 0.15) is 48.0 Å². The molecule has 0 radical (unpaired) electrons. The van der Waals surface area contributed by atoms with E-state index in [-0.39, 0.29) is 17.3 Å². The highest BCUT2D eigenvalue weighted by molar-refractivity contribution is 8.00. The maximum Gasteiger partial charge on any atom is 0.418 e. The molecule has 0 saturated heterocycles. The van der Waals surface area contributed by atoms with Crippen LogP contribution in [0.4, 0.5) is 18.9 Å². The molecule has 0 aliphatic heterocycles. The minimum Gasteiger partial charge on any atom is -0.352 e. The number of halogens is 3. The molecule has 1 aliphatic carbocycles. The number of nitrogens with one attached hydrogen (secondary N) is 2. The van der Waals surface area contributed by atoms with Gasteiger partial charge in [0.25, 0.3) is 5.91 Å². The van der Waals surface area contributed by atoms with E-state index >= 15 is 0 Å². The Hall–Kier alpha value is -2.81. The number of para-hydroxylation sites is 1. The second-order valence-corrected chi connectivity index (χ2v) is 8.31. The number of pyridine rings is 1. The fraction of sp³-hybridized carbons (Fsp3) is 0.348. The lowest BCUT2D eigenvalue weighted by molar-refractivity contribution is -0.137. The van der Waals surface area contributed by atoms with Crippen molar-refractivity contribution in [2.45, 2.75) is 43.3 Å². The van der Waals surface area contributed by atoms with Crippen LogP contribution in [0.5, 0.6) is 0 Å². The smallest absolute Gasteiger partial charge is 0.352 e. The zero-order valence-electron chi connectivity index (χ0n) is 17.4. The van der Waals surface area contributed by atoms with Crippen molar-refractivity contribution in [1.29, 1.82) is 0 Å². The molecule has 1 aromatic carbocycles. The van der Waals surface area contributed by atoms with E-state index in [9.17, 15) is 22.8 Å². The average molecular weight is 464 g/mol. The molecule has 0 bridgehead atoms. The van der Waals surface area contributed by atoms with Gasteiger partial charge in [-0.3, -0.25) is 9.59 Å². The van der Waals surface area contributed by atoms with Crippen molar-refractivity contribution in [1.82, 2.24) is 10.3 Å². The summed E-state index contributed by atoms with van der Waals surface area (Å²) in [6.07, 6.45) is 4.50. The van der Waals surface area contributed by atoms with E-state index in [4.69, 9.17) is 0 Å². The Labute approximate surface area is 188 Å². The van der Waals surface area contributed by atoms with E-state index in [0.717, 1.165) is 37.1 Å². The molecular formula is C23H24F3N3O2S. The van der Waals surface area contributed by atoms with Gasteiger partial charge in [0.05, 0.1) is 22.6 Å². The number of carbonyl (C=O) groups is 2. The van der Waals surface area contributed by atoms with Gasteiger partial charge in [0, 0.05) is 12.7 Å². The normalized spacial score (nSPS) is 13.9. The van der Waals surface area contributed by atoms with Crippen LogP contribution in [0.3, 0.4) is 0 Å². The lowest BCUT2D eigenvalue weighted by atomic mass is 9.97. The van der Waals surface area contributed by atoms with Gasteiger partial charge in [-0.15, -0.1) is 0 Å². The van der Waals surface area contributed by atoms with Gasteiger partial charge in [-0.2, -0.15) is 13.2 Å². The van der Waals surface area contributed by atoms with E-state index in [1.165, 1.54) is 42.8 Å². The number of allylic oxidation sites excluding steroid dienone is 1. The van der Waals surface area contributed by atoms with Gasteiger partial charge in [-0.1, -0.05) is 35.5 Å². The first-order valence-electron chi connectivity index (χ1n) is 10.3. The lowest BCUT2D eigenvalue weighted by Gasteiger charge is -2.14. The first-order valence-corrected chi connectivity index (χ1v) is 11.3. The summed E-state index contributed by atoms with van der Waals surface area (Å²) in [6.45, 7) is 0.512. The Morgan fingerprint density at radius 1 is 1.09 bits per heavy atom. The van der Waals surface area contributed by atoms with E-state index in [2.05, 4.69) is 21.7 Å². The van der Waals surface area contributed by atoms with Gasteiger partial charge in [-0.05, 0) is 56.4 Å². The topological polar surface area (TPSA) is 71.1 Å². The van der Waals surface area contributed by atoms with Crippen molar-refractivity contribution in [3.63, 3.8) is 0 Å². The number of alkyl halides is 3. The summed E-state index contributed by atoms with van der Waals surface area (Å²) in [5, 5.41) is 5.52. The second-order valence-electron chi connectivity index (χ2n) is 7.35. The van der Waals surface area contributed by atoms with Crippen molar-refractivity contribution in [3.8, 4) is 0 Å². The van der Waals surface area contributed by atoms with Crippen molar-refractivity contribution < 1.29 is 22.8 Å². The third-order valence-corrected chi connectivity index (χ3v) is 5.98. The number of thioether (sulfide) groups is 1. The van der Waals surface area contributed by atoms with Gasteiger partial charge < -0.3 is 10.6 Å². The number of rotatable bonds is 8. The molecule has 2 amide bonds. The Morgan fingerprint density at radius 2 is 1.91 bits per heavy atom. The van der Waals surface area contributed by atoms with Crippen LogP contribution < -0.4 is 10.6 Å². The zero-order valence-corrected chi connectivity index (χ0v) is 18.2. The van der Waals surface area contributed by atoms with Crippen LogP contribution in [0.15, 0.2) is 59.3 Å². The minimum atomic E-state index is -4.57. The van der Waals surface area contributed by atoms with E-state index in [1.54, 1.807) is 12.1 Å². The molecule has 0 fully saturated rings. The molecule has 2 aromatic rings. The van der Waals surface area contributed by atoms with Crippen molar-refractivity contribution >= 4 is 29.3 Å². The van der Waals surface area contributed by atoms with Crippen LogP contribution in [0.25, 0.3) is 0 Å². The molecule has 1 aliphatic rings. The van der Waals surface area contributed by atoms with Crippen LogP contribution in [-0.2, 0) is 11.0 Å². The standard InChI is InChI=1S/C23H24F3N3O2S/c24-23(25,26)18-10-4-5-11-19(18)29-20(30)15-32-22-17(9-6-13-28-22)21(31)27-14-12-16-7-2-1-3-8-16/h4-7,9-11,13H,1-3,8,12,14-15H2,(H,27,31)(H,29,30). The average Bonchev–Trinajstić information content (AvgIpc) is 2.78. The number of hydrogen-bond donors (Lipinski definition) is 2. The quantitative estimate of drug-likeness (QED) is 0.403. The Bertz CT molecular complexity index is 992. The number of amides is 2. The zero-order chi connectivity index (χ0) is 23.0. The van der Waals surface area contributed by atoms with Gasteiger partial charge in [0.2, 0.25) is 5.91 Å². The second kappa shape index (κ2) is 11.2. The highest BCUT2D eigenvalue weighted by atomic mass is 32.2. The van der Waals surface area contributed by atoms with E-state index in [0.29, 0.717) is 17.1 Å². The largest absolute Gasteiger partial charge is 0.418 e. The Kier molecular flexibility index (Phi) is 8.33. The molecule has 170 valence electrons. The predicted molar refractivity (Wildman–Crippen MR) is 119 cm³/mol. The molecule has 1 aromatic heterocycles. The molecule has 0 spiro atoms. The number of nitrogens with zero attached hydrogens (tertiary/aromatic N) is 1. The van der Waals surface area contributed by atoms with Gasteiger partial charge >= 0.3 is 6.18 Å². The van der Waals surface area contributed by atoms with Crippen LogP contribution in [0.2, 0.25) is 0 Å². The van der Waals surface area contributed by atoms with Gasteiger partial charge in [0.15, 0.2) is 0 Å². The van der Waals surface area contributed by atoms with Crippen LogP contribution in [-0.4, -0.2) is 29.1 Å². The third-order valence-electron chi connectivity index (χ3n) is 4.98. The molecule has 2 N–H and O–H groups in total. The monoisotopic (exact) mass is 463 g/mol. The molecule has 32 heavy (non-hydrogen) atoms. The minimum absolute atomic E-state index is 0.184. The molecular weight excluding hydrogens is 439 g/mol. The van der Waals surface area contributed by atoms with Crippen LogP contribution in [0, 0.1) is 0 Å². The molecule has 1 heterocycles. The summed E-state index contributed by atoms with van der Waals surface area (Å²) in [6, 6.07) is 8.03. The van der Waals surface area contributed by atoms with Crippen molar-refractivity contribution in [2.24, 2.45) is 0 Å². The van der Waals surface area contributed by atoms with Gasteiger partial charge in [0.1, 0.15) is 5.03 Å². The Balaban J connectivity index is 1.56. The molecule has 3 rings (SSSR count). The molecule has 0 unspecified atom stereocenters. The highest BCUT2D eigenvalue weighted by Gasteiger charge is 2.33. The number of hydrogen-bond acceptors (Lipinski definition) is 4. The summed E-state index contributed by atoms with van der Waals surface area (Å²) in [4.78, 5) is 29.0. The molecule has 5 nitrogen and oxygen atoms in total. The predicted octanol–water partition coefficient (Wildman–Crippen LogP) is 5.45. The summed E-state index contributed by atoms with van der Waals surface area (Å²) in [7, 11) is 0. The van der Waals surface area contributed by atoms with E-state index < -0.39 is 17.6 Å². The van der Waals surface area contributed by atoms with Gasteiger partial charge in [-0.25, -0.2) is 4.98 Å². The van der Waals surface area contributed by atoms with Crippen molar-refractivity contribution in [2.75, 3.05) is 17.6 Å². The summed E-state index contributed by atoms with van der Waals surface area (Å²) in [5.41, 5.74) is 0.470. The first kappa shape index (κ1) is 23.8. The molecule has 0 atom stereocenters. The summed E-state index contributed by atoms with van der Waals surface area (Å²) < 4.78 is 39.3.